The van der Waals surface area contributed by atoms with Crippen molar-refractivity contribution in [3.63, 3.8) is 0 Å². The van der Waals surface area contributed by atoms with Crippen LogP contribution in [0.2, 0.25) is 0 Å². The number of aliphatic hydroxyl groups excluding tert-OH is 2. The molecule has 0 saturated heterocycles. The standard InChI is InChI=1S/C7H15NO3/c1-2-7(11)6(5-10)8-3-4-9/h6,8-10H,2-5H2,1H3. The summed E-state index contributed by atoms with van der Waals surface area (Å²) in [6.07, 6.45) is 0.406. The molecule has 0 aliphatic rings. The maximum absolute atomic E-state index is 10.9. The molecular formula is C7H15NO3. The molecule has 0 aromatic rings. The zero-order chi connectivity index (χ0) is 8.69. The van der Waals surface area contributed by atoms with Crippen LogP contribution in [0, 0.1) is 0 Å². The normalized spacial score (nSPS) is 13.0. The molecule has 0 amide bonds. The van der Waals surface area contributed by atoms with Crippen LogP contribution in [0.5, 0.6) is 0 Å². The van der Waals surface area contributed by atoms with Gasteiger partial charge in [0, 0.05) is 13.0 Å². The van der Waals surface area contributed by atoms with Gasteiger partial charge in [0.25, 0.3) is 0 Å². The van der Waals surface area contributed by atoms with E-state index in [1.807, 2.05) is 0 Å². The van der Waals surface area contributed by atoms with Crippen molar-refractivity contribution in [2.45, 2.75) is 19.4 Å². The van der Waals surface area contributed by atoms with Gasteiger partial charge in [0.05, 0.1) is 19.3 Å². The van der Waals surface area contributed by atoms with E-state index in [9.17, 15) is 4.79 Å². The van der Waals surface area contributed by atoms with Crippen LogP contribution in [0.25, 0.3) is 0 Å². The fourth-order valence-electron chi connectivity index (χ4n) is 0.765. The average Bonchev–Trinajstić information content (AvgIpc) is 2.05. The summed E-state index contributed by atoms with van der Waals surface area (Å²) in [5.74, 6) is -0.0269. The predicted octanol–water partition coefficient (Wildman–Crippen LogP) is -1.09. The van der Waals surface area contributed by atoms with E-state index in [1.54, 1.807) is 6.92 Å². The molecule has 4 heteroatoms. The summed E-state index contributed by atoms with van der Waals surface area (Å²) in [5, 5.41) is 19.8. The zero-order valence-corrected chi connectivity index (χ0v) is 6.71. The van der Waals surface area contributed by atoms with E-state index in [4.69, 9.17) is 10.2 Å². The van der Waals surface area contributed by atoms with Gasteiger partial charge in [-0.15, -0.1) is 0 Å². The Kier molecular flexibility index (Phi) is 6.02. The lowest BCUT2D eigenvalue weighted by atomic mass is 10.1. The minimum atomic E-state index is -0.507. The van der Waals surface area contributed by atoms with E-state index in [-0.39, 0.29) is 19.0 Å². The Balaban J connectivity index is 3.65. The molecule has 0 aromatic carbocycles. The highest BCUT2D eigenvalue weighted by Gasteiger charge is 2.13. The Morgan fingerprint density at radius 1 is 1.55 bits per heavy atom. The lowest BCUT2D eigenvalue weighted by molar-refractivity contribution is -0.121. The molecule has 0 aliphatic heterocycles. The average molecular weight is 161 g/mol. The second-order valence-electron chi connectivity index (χ2n) is 2.23. The summed E-state index contributed by atoms with van der Waals surface area (Å²) in [5.41, 5.74) is 0. The largest absolute Gasteiger partial charge is 0.395 e. The van der Waals surface area contributed by atoms with E-state index in [1.165, 1.54) is 0 Å². The minimum absolute atomic E-state index is 0.0203. The van der Waals surface area contributed by atoms with Crippen molar-refractivity contribution < 1.29 is 15.0 Å². The molecule has 0 bridgehead atoms. The van der Waals surface area contributed by atoms with Crippen molar-refractivity contribution in [2.75, 3.05) is 19.8 Å². The molecule has 0 aliphatic carbocycles. The molecule has 0 saturated carbocycles. The number of hydrogen-bond acceptors (Lipinski definition) is 4. The highest BCUT2D eigenvalue weighted by Crippen LogP contribution is 1.89. The molecule has 0 spiro atoms. The van der Waals surface area contributed by atoms with E-state index in [2.05, 4.69) is 5.32 Å². The van der Waals surface area contributed by atoms with Gasteiger partial charge in [0.1, 0.15) is 0 Å². The summed E-state index contributed by atoms with van der Waals surface area (Å²) < 4.78 is 0. The Morgan fingerprint density at radius 2 is 2.18 bits per heavy atom. The van der Waals surface area contributed by atoms with Gasteiger partial charge in [-0.05, 0) is 0 Å². The molecule has 3 N–H and O–H groups in total. The van der Waals surface area contributed by atoms with Crippen molar-refractivity contribution in [1.82, 2.24) is 5.32 Å². The van der Waals surface area contributed by atoms with Gasteiger partial charge in [-0.1, -0.05) is 6.92 Å². The van der Waals surface area contributed by atoms with Crippen molar-refractivity contribution >= 4 is 5.78 Å². The quantitative estimate of drug-likeness (QED) is 0.463. The summed E-state index contributed by atoms with van der Waals surface area (Å²) >= 11 is 0. The Labute approximate surface area is 66.2 Å². The fraction of sp³-hybridized carbons (Fsp3) is 0.857. The zero-order valence-electron chi connectivity index (χ0n) is 6.71. The molecule has 1 atom stereocenters. The van der Waals surface area contributed by atoms with E-state index in [0.29, 0.717) is 13.0 Å². The van der Waals surface area contributed by atoms with Gasteiger partial charge in [0.15, 0.2) is 5.78 Å². The summed E-state index contributed by atoms with van der Waals surface area (Å²) in [4.78, 5) is 10.9. The minimum Gasteiger partial charge on any atom is -0.395 e. The first kappa shape index (κ1) is 10.6. The number of ketones is 1. The van der Waals surface area contributed by atoms with E-state index in [0.717, 1.165) is 0 Å². The van der Waals surface area contributed by atoms with Crippen LogP contribution in [0.4, 0.5) is 0 Å². The molecule has 11 heavy (non-hydrogen) atoms. The van der Waals surface area contributed by atoms with Gasteiger partial charge in [-0.2, -0.15) is 0 Å². The molecule has 0 aromatic heterocycles. The maximum atomic E-state index is 10.9. The Hall–Kier alpha value is -0.450. The van der Waals surface area contributed by atoms with Crippen LogP contribution >= 0.6 is 0 Å². The molecule has 0 fully saturated rings. The lowest BCUT2D eigenvalue weighted by Crippen LogP contribution is -2.40. The van der Waals surface area contributed by atoms with Gasteiger partial charge in [0.2, 0.25) is 0 Å². The second-order valence-corrected chi connectivity index (χ2v) is 2.23. The van der Waals surface area contributed by atoms with Crippen LogP contribution in [0.1, 0.15) is 13.3 Å². The maximum Gasteiger partial charge on any atom is 0.151 e. The highest BCUT2D eigenvalue weighted by atomic mass is 16.3. The van der Waals surface area contributed by atoms with Crippen LogP contribution in [-0.2, 0) is 4.79 Å². The van der Waals surface area contributed by atoms with Crippen LogP contribution in [0.15, 0.2) is 0 Å². The number of aliphatic hydroxyl groups is 2. The number of carbonyl (C=O) groups excluding carboxylic acids is 1. The Morgan fingerprint density at radius 3 is 2.55 bits per heavy atom. The Bertz CT molecular complexity index is 116. The number of nitrogens with one attached hydrogen (secondary N) is 1. The highest BCUT2D eigenvalue weighted by molar-refractivity contribution is 5.83. The van der Waals surface area contributed by atoms with Crippen LogP contribution < -0.4 is 5.32 Å². The van der Waals surface area contributed by atoms with Crippen molar-refractivity contribution in [3.05, 3.63) is 0 Å². The number of carbonyl (C=O) groups is 1. The third-order valence-electron chi connectivity index (χ3n) is 1.42. The van der Waals surface area contributed by atoms with Gasteiger partial charge >= 0.3 is 0 Å². The predicted molar refractivity (Wildman–Crippen MR) is 41.3 cm³/mol. The van der Waals surface area contributed by atoms with Crippen LogP contribution in [-0.4, -0.2) is 41.8 Å². The molecule has 1 unspecified atom stereocenters. The smallest absolute Gasteiger partial charge is 0.151 e. The van der Waals surface area contributed by atoms with Crippen molar-refractivity contribution in [1.29, 1.82) is 0 Å². The second kappa shape index (κ2) is 6.27. The van der Waals surface area contributed by atoms with Gasteiger partial charge in [-0.25, -0.2) is 0 Å². The summed E-state index contributed by atoms with van der Waals surface area (Å²) in [7, 11) is 0. The summed E-state index contributed by atoms with van der Waals surface area (Å²) in [6.45, 7) is 1.86. The van der Waals surface area contributed by atoms with E-state index < -0.39 is 6.04 Å². The number of Topliss-reactive ketones (excluding diaryl/α,β-unsaturated/α-hetero) is 1. The molecule has 66 valence electrons. The monoisotopic (exact) mass is 161 g/mol. The van der Waals surface area contributed by atoms with Crippen molar-refractivity contribution in [3.8, 4) is 0 Å². The first-order valence-corrected chi connectivity index (χ1v) is 3.74. The topological polar surface area (TPSA) is 69.6 Å². The number of rotatable bonds is 6. The van der Waals surface area contributed by atoms with Gasteiger partial charge < -0.3 is 15.5 Å². The molecular weight excluding hydrogens is 146 g/mol. The van der Waals surface area contributed by atoms with Crippen LogP contribution in [0.3, 0.4) is 0 Å². The molecule has 4 nitrogen and oxygen atoms in total. The molecule has 0 rings (SSSR count). The fourth-order valence-corrected chi connectivity index (χ4v) is 0.765. The third-order valence-corrected chi connectivity index (χ3v) is 1.42. The molecule has 0 heterocycles. The van der Waals surface area contributed by atoms with Crippen molar-refractivity contribution in [2.24, 2.45) is 0 Å². The van der Waals surface area contributed by atoms with E-state index >= 15 is 0 Å². The molecule has 0 radical (unpaired) electrons. The van der Waals surface area contributed by atoms with Gasteiger partial charge in [-0.3, -0.25) is 4.79 Å². The first-order chi connectivity index (χ1) is 5.26. The summed E-state index contributed by atoms with van der Waals surface area (Å²) in [6, 6.07) is -0.507. The first-order valence-electron chi connectivity index (χ1n) is 3.74. The SMILES string of the molecule is CCC(=O)C(CO)NCCO. The third kappa shape index (κ3) is 4.08. The lowest BCUT2D eigenvalue weighted by Gasteiger charge is -2.12. The number of hydrogen-bond donors (Lipinski definition) is 3.